The fourth-order valence-corrected chi connectivity index (χ4v) is 2.51. The van der Waals surface area contributed by atoms with Crippen LogP contribution in [0.3, 0.4) is 0 Å². The van der Waals surface area contributed by atoms with Crippen LogP contribution in [0.2, 0.25) is 0 Å². The van der Waals surface area contributed by atoms with E-state index in [0.29, 0.717) is 0 Å². The highest BCUT2D eigenvalue weighted by Crippen LogP contribution is 2.43. The zero-order chi connectivity index (χ0) is 18.0. The summed E-state index contributed by atoms with van der Waals surface area (Å²) < 4.78 is 9.43. The molecule has 2 atom stereocenters. The summed E-state index contributed by atoms with van der Waals surface area (Å²) in [7, 11) is 2.43. The molecule has 0 amide bonds. The van der Waals surface area contributed by atoms with E-state index in [4.69, 9.17) is 16.2 Å². The fourth-order valence-electron chi connectivity index (χ4n) is 2.51. The number of carbonyl (C=O) groups excluding carboxylic acids is 3. The molecule has 0 bridgehead atoms. The van der Waals surface area contributed by atoms with Crippen molar-refractivity contribution in [3.8, 4) is 0 Å². The van der Waals surface area contributed by atoms with Gasteiger partial charge in [0.25, 0.3) is 0 Å². The summed E-state index contributed by atoms with van der Waals surface area (Å²) in [5.74, 6) is -2.53. The van der Waals surface area contributed by atoms with Gasteiger partial charge in [-0.1, -0.05) is 13.8 Å². The van der Waals surface area contributed by atoms with Gasteiger partial charge in [-0.3, -0.25) is 14.4 Å². The van der Waals surface area contributed by atoms with Gasteiger partial charge in [0.15, 0.2) is 0 Å². The standard InChI is InChI=1S/C14H20N2O5.C2H6/c1-20-12(18)9-8-14(13(19)21-2,6-5-10(9)17)11(16)4-3-7-15;1-2/h3-4,7,9H,5-6,8,15-16H2,1-2H3;1-2H3/b7-3-,11-4-;. The van der Waals surface area contributed by atoms with Crippen LogP contribution in [-0.4, -0.2) is 31.9 Å². The average Bonchev–Trinajstić information content (AvgIpc) is 2.60. The molecule has 1 rings (SSSR count). The first-order valence-electron chi connectivity index (χ1n) is 7.46. The molecule has 0 aromatic rings. The van der Waals surface area contributed by atoms with Crippen LogP contribution in [0, 0.1) is 11.3 Å². The van der Waals surface area contributed by atoms with Crippen LogP contribution >= 0.6 is 0 Å². The largest absolute Gasteiger partial charge is 0.468 e. The Kier molecular flexibility index (Phi) is 8.69. The van der Waals surface area contributed by atoms with Gasteiger partial charge < -0.3 is 20.9 Å². The van der Waals surface area contributed by atoms with Gasteiger partial charge in [-0.05, 0) is 31.2 Å². The Morgan fingerprint density at radius 3 is 2.35 bits per heavy atom. The Hall–Kier alpha value is -2.31. The van der Waals surface area contributed by atoms with Crippen molar-refractivity contribution in [1.29, 1.82) is 0 Å². The number of methoxy groups -OCH3 is 2. The maximum absolute atomic E-state index is 12.2. The lowest BCUT2D eigenvalue weighted by molar-refractivity contribution is -0.159. The molecule has 0 heterocycles. The van der Waals surface area contributed by atoms with E-state index in [9.17, 15) is 14.4 Å². The average molecular weight is 326 g/mol. The van der Waals surface area contributed by atoms with Crippen LogP contribution in [0.1, 0.15) is 33.1 Å². The Morgan fingerprint density at radius 1 is 1.26 bits per heavy atom. The zero-order valence-corrected chi connectivity index (χ0v) is 14.1. The molecule has 2 unspecified atom stereocenters. The van der Waals surface area contributed by atoms with E-state index in [1.165, 1.54) is 32.6 Å². The van der Waals surface area contributed by atoms with Crippen LogP contribution in [0.5, 0.6) is 0 Å². The Balaban J connectivity index is 0.00000232. The van der Waals surface area contributed by atoms with Gasteiger partial charge in [-0.2, -0.15) is 0 Å². The predicted molar refractivity (Wildman–Crippen MR) is 85.8 cm³/mol. The summed E-state index contributed by atoms with van der Waals surface area (Å²) in [6.07, 6.45) is 4.39. The number of rotatable bonds is 4. The van der Waals surface area contributed by atoms with Crippen molar-refractivity contribution in [2.24, 2.45) is 22.8 Å². The van der Waals surface area contributed by atoms with Crippen LogP contribution < -0.4 is 11.5 Å². The molecule has 0 spiro atoms. The maximum Gasteiger partial charge on any atom is 0.317 e. The Bertz CT molecular complexity index is 491. The van der Waals surface area contributed by atoms with Crippen molar-refractivity contribution in [3.05, 3.63) is 24.0 Å². The molecule has 0 aromatic heterocycles. The van der Waals surface area contributed by atoms with Crippen molar-refractivity contribution >= 4 is 17.7 Å². The summed E-state index contributed by atoms with van der Waals surface area (Å²) >= 11 is 0. The van der Waals surface area contributed by atoms with Gasteiger partial charge in [-0.25, -0.2) is 0 Å². The van der Waals surface area contributed by atoms with Gasteiger partial charge in [0.2, 0.25) is 0 Å². The summed E-state index contributed by atoms with van der Waals surface area (Å²) in [6.45, 7) is 4.00. The topological polar surface area (TPSA) is 122 Å². The minimum atomic E-state index is -1.22. The van der Waals surface area contributed by atoms with Gasteiger partial charge in [0.05, 0.1) is 14.2 Å². The molecule has 4 N–H and O–H groups in total. The molecule has 1 aliphatic carbocycles. The molecular formula is C16H26N2O5. The van der Waals surface area contributed by atoms with Gasteiger partial charge in [-0.15, -0.1) is 0 Å². The highest BCUT2D eigenvalue weighted by atomic mass is 16.5. The molecule has 1 saturated carbocycles. The second kappa shape index (κ2) is 9.66. The van der Waals surface area contributed by atoms with Crippen molar-refractivity contribution < 1.29 is 23.9 Å². The minimum Gasteiger partial charge on any atom is -0.468 e. The lowest BCUT2D eigenvalue weighted by Crippen LogP contribution is -2.46. The third-order valence-corrected chi connectivity index (χ3v) is 3.74. The second-order valence-corrected chi connectivity index (χ2v) is 4.83. The number of ether oxygens (including phenoxy) is 2. The van der Waals surface area contributed by atoms with Gasteiger partial charge in [0, 0.05) is 12.1 Å². The molecule has 7 heteroatoms. The number of allylic oxidation sites excluding steroid dienone is 2. The fraction of sp³-hybridized carbons (Fsp3) is 0.562. The molecule has 0 aromatic carbocycles. The van der Waals surface area contributed by atoms with Crippen LogP contribution in [0.25, 0.3) is 0 Å². The monoisotopic (exact) mass is 326 g/mol. The van der Waals surface area contributed by atoms with E-state index in [0.717, 1.165) is 0 Å². The molecule has 0 radical (unpaired) electrons. The number of Topliss-reactive ketones (excluding diaryl/α,β-unsaturated/α-hetero) is 1. The van der Waals surface area contributed by atoms with Crippen molar-refractivity contribution in [1.82, 2.24) is 0 Å². The molecule has 0 aliphatic heterocycles. The quantitative estimate of drug-likeness (QED) is 0.449. The van der Waals surface area contributed by atoms with E-state index in [-0.39, 0.29) is 30.7 Å². The molecule has 7 nitrogen and oxygen atoms in total. The summed E-state index contributed by atoms with van der Waals surface area (Å²) in [6, 6.07) is 0. The lowest BCUT2D eigenvalue weighted by Gasteiger charge is -2.37. The van der Waals surface area contributed by atoms with Crippen LogP contribution in [0.4, 0.5) is 0 Å². The number of hydrogen-bond donors (Lipinski definition) is 2. The van der Waals surface area contributed by atoms with Crippen molar-refractivity contribution in [2.45, 2.75) is 33.1 Å². The molecule has 23 heavy (non-hydrogen) atoms. The molecule has 1 aliphatic rings. The number of hydrogen-bond acceptors (Lipinski definition) is 7. The summed E-state index contributed by atoms with van der Waals surface area (Å²) in [5, 5.41) is 0. The number of ketones is 1. The third-order valence-electron chi connectivity index (χ3n) is 3.74. The lowest BCUT2D eigenvalue weighted by atomic mass is 9.67. The van der Waals surface area contributed by atoms with Crippen LogP contribution in [0.15, 0.2) is 24.0 Å². The van der Waals surface area contributed by atoms with E-state index >= 15 is 0 Å². The molecule has 0 saturated heterocycles. The first-order chi connectivity index (χ1) is 10.9. The van der Waals surface area contributed by atoms with E-state index in [1.807, 2.05) is 13.8 Å². The van der Waals surface area contributed by atoms with Crippen molar-refractivity contribution in [2.75, 3.05) is 14.2 Å². The first-order valence-corrected chi connectivity index (χ1v) is 7.46. The minimum absolute atomic E-state index is 0.0513. The van der Waals surface area contributed by atoms with Gasteiger partial charge >= 0.3 is 11.9 Å². The SMILES string of the molecule is CC.COC(=O)C1CC(C(=O)OC)(/C(N)=C/C=C\N)CCC1=O. The Labute approximate surface area is 136 Å². The van der Waals surface area contributed by atoms with Crippen LogP contribution in [-0.2, 0) is 23.9 Å². The Morgan fingerprint density at radius 2 is 1.87 bits per heavy atom. The summed E-state index contributed by atoms with van der Waals surface area (Å²) in [4.78, 5) is 35.8. The number of nitrogens with two attached hydrogens (primary N) is 2. The predicted octanol–water partition coefficient (Wildman–Crippen LogP) is 1.03. The summed E-state index contributed by atoms with van der Waals surface area (Å²) in [5.41, 5.74) is 10.2. The molecule has 130 valence electrons. The maximum atomic E-state index is 12.2. The van der Waals surface area contributed by atoms with Crippen molar-refractivity contribution in [3.63, 3.8) is 0 Å². The smallest absolute Gasteiger partial charge is 0.317 e. The normalized spacial score (nSPS) is 24.6. The number of esters is 2. The second-order valence-electron chi connectivity index (χ2n) is 4.83. The van der Waals surface area contributed by atoms with E-state index in [2.05, 4.69) is 4.74 Å². The van der Waals surface area contributed by atoms with Gasteiger partial charge in [0.1, 0.15) is 17.1 Å². The number of carbonyl (C=O) groups is 3. The highest BCUT2D eigenvalue weighted by molar-refractivity contribution is 6.01. The highest BCUT2D eigenvalue weighted by Gasteiger charge is 2.50. The van der Waals surface area contributed by atoms with E-state index in [1.54, 1.807) is 0 Å². The third kappa shape index (κ3) is 4.58. The van der Waals surface area contributed by atoms with E-state index < -0.39 is 23.3 Å². The first kappa shape index (κ1) is 20.7. The zero-order valence-electron chi connectivity index (χ0n) is 14.1. The molecule has 1 fully saturated rings. The molecular weight excluding hydrogens is 300 g/mol.